The molecule has 2 atom stereocenters. The van der Waals surface area contributed by atoms with Gasteiger partial charge in [-0.25, -0.2) is 4.98 Å². The van der Waals surface area contributed by atoms with Gasteiger partial charge in [-0.1, -0.05) is 63.7 Å². The number of imidazole rings is 1. The van der Waals surface area contributed by atoms with Crippen LogP contribution in [-0.4, -0.2) is 46.8 Å². The molecule has 36 heavy (non-hydrogen) atoms. The van der Waals surface area contributed by atoms with Crippen molar-refractivity contribution in [1.29, 1.82) is 0 Å². The molecule has 2 aromatic rings. The van der Waals surface area contributed by atoms with Gasteiger partial charge in [0.25, 0.3) is 0 Å². The van der Waals surface area contributed by atoms with Crippen LogP contribution in [0.3, 0.4) is 0 Å². The summed E-state index contributed by atoms with van der Waals surface area (Å²) in [7, 11) is 0. The first-order valence-corrected chi connectivity index (χ1v) is 13.5. The van der Waals surface area contributed by atoms with E-state index in [1.165, 1.54) is 0 Å². The number of ether oxygens (including phenoxy) is 2. The summed E-state index contributed by atoms with van der Waals surface area (Å²) >= 11 is 12.3. The maximum atomic E-state index is 13.1. The maximum absolute atomic E-state index is 13.1. The minimum Gasteiger partial charge on any atom is -0.465 e. The lowest BCUT2D eigenvalue weighted by molar-refractivity contribution is -0.150. The lowest BCUT2D eigenvalue weighted by atomic mass is 10.0. The molecule has 0 amide bonds. The number of esters is 2. The fourth-order valence-electron chi connectivity index (χ4n) is 3.76. The Kier molecular flexibility index (Phi) is 13.3. The molecule has 2 unspecified atom stereocenters. The molecule has 200 valence electrons. The van der Waals surface area contributed by atoms with Crippen LogP contribution in [-0.2, 0) is 32.0 Å². The highest BCUT2D eigenvalue weighted by Crippen LogP contribution is 2.20. The van der Waals surface area contributed by atoms with Crippen molar-refractivity contribution in [2.24, 2.45) is 5.92 Å². The molecule has 0 bridgehead atoms. The fraction of sp³-hybridized carbons (Fsp3) is 0.593. The molecule has 0 saturated heterocycles. The zero-order chi connectivity index (χ0) is 26.5. The lowest BCUT2D eigenvalue weighted by Gasteiger charge is -2.25. The van der Waals surface area contributed by atoms with E-state index in [2.05, 4.69) is 10.3 Å². The van der Waals surface area contributed by atoms with Gasteiger partial charge >= 0.3 is 11.9 Å². The van der Waals surface area contributed by atoms with Gasteiger partial charge in [0.1, 0.15) is 12.1 Å². The van der Waals surface area contributed by atoms with E-state index in [9.17, 15) is 9.59 Å². The molecule has 0 spiro atoms. The molecule has 0 saturated carbocycles. The minimum atomic E-state index is -0.734. The van der Waals surface area contributed by atoms with E-state index in [0.29, 0.717) is 42.6 Å². The first kappa shape index (κ1) is 30.1. The summed E-state index contributed by atoms with van der Waals surface area (Å²) in [6.45, 7) is 9.34. The van der Waals surface area contributed by atoms with Gasteiger partial charge < -0.3 is 14.0 Å². The summed E-state index contributed by atoms with van der Waals surface area (Å²) in [5, 5.41) is 4.36. The topological polar surface area (TPSA) is 82.5 Å². The van der Waals surface area contributed by atoms with Gasteiger partial charge in [-0.15, -0.1) is 0 Å². The highest BCUT2D eigenvalue weighted by atomic mass is 35.5. The number of nitrogens with zero attached hydrogens (tertiary/aromatic N) is 2. The van der Waals surface area contributed by atoms with Gasteiger partial charge in [0.2, 0.25) is 0 Å². The van der Waals surface area contributed by atoms with E-state index in [-0.39, 0.29) is 11.9 Å². The van der Waals surface area contributed by atoms with Gasteiger partial charge in [0.15, 0.2) is 0 Å². The maximum Gasteiger partial charge on any atom is 0.323 e. The van der Waals surface area contributed by atoms with Crippen LogP contribution in [0.15, 0.2) is 30.7 Å². The first-order chi connectivity index (χ1) is 17.2. The van der Waals surface area contributed by atoms with Crippen molar-refractivity contribution >= 4 is 35.1 Å². The Labute approximate surface area is 224 Å². The quantitative estimate of drug-likeness (QED) is 0.213. The van der Waals surface area contributed by atoms with E-state index in [0.717, 1.165) is 36.9 Å². The molecule has 0 aliphatic carbocycles. The van der Waals surface area contributed by atoms with Crippen LogP contribution in [0.2, 0.25) is 10.0 Å². The summed E-state index contributed by atoms with van der Waals surface area (Å²) in [4.78, 5) is 30.3. The number of nitrogens with one attached hydrogen (secondary N) is 1. The Morgan fingerprint density at radius 3 is 2.11 bits per heavy atom. The zero-order valence-corrected chi connectivity index (χ0v) is 23.3. The van der Waals surface area contributed by atoms with Crippen molar-refractivity contribution in [3.63, 3.8) is 0 Å². The molecule has 7 nitrogen and oxygen atoms in total. The number of hydrogen-bond donors (Lipinski definition) is 1. The van der Waals surface area contributed by atoms with E-state index < -0.39 is 18.1 Å². The molecule has 1 aromatic carbocycles. The third-order valence-corrected chi connectivity index (χ3v) is 6.09. The van der Waals surface area contributed by atoms with Crippen LogP contribution < -0.4 is 5.32 Å². The summed E-state index contributed by atoms with van der Waals surface area (Å²) in [5.74, 6) is -0.501. The van der Waals surface area contributed by atoms with E-state index in [1.807, 2.05) is 44.4 Å². The third kappa shape index (κ3) is 10.5. The second-order valence-electron chi connectivity index (χ2n) is 9.44. The van der Waals surface area contributed by atoms with Crippen molar-refractivity contribution in [2.45, 2.75) is 84.8 Å². The number of carbonyl (C=O) groups is 2. The average molecular weight is 541 g/mol. The van der Waals surface area contributed by atoms with E-state index in [4.69, 9.17) is 32.7 Å². The Bertz CT molecular complexity index is 944. The van der Waals surface area contributed by atoms with Crippen molar-refractivity contribution < 1.29 is 19.1 Å². The van der Waals surface area contributed by atoms with Crippen molar-refractivity contribution in [3.8, 4) is 0 Å². The Hall–Kier alpha value is -2.09. The Morgan fingerprint density at radius 1 is 0.972 bits per heavy atom. The monoisotopic (exact) mass is 539 g/mol. The summed E-state index contributed by atoms with van der Waals surface area (Å²) in [5.41, 5.74) is 1.73. The molecule has 1 N–H and O–H groups in total. The van der Waals surface area contributed by atoms with Gasteiger partial charge in [-0.3, -0.25) is 14.9 Å². The van der Waals surface area contributed by atoms with Crippen LogP contribution in [0.4, 0.5) is 0 Å². The van der Waals surface area contributed by atoms with Crippen molar-refractivity contribution in [2.75, 3.05) is 13.2 Å². The number of carbonyl (C=O) groups excluding carboxylic acids is 2. The van der Waals surface area contributed by atoms with Crippen LogP contribution in [0.1, 0.15) is 71.1 Å². The highest BCUT2D eigenvalue weighted by Gasteiger charge is 2.30. The Morgan fingerprint density at radius 2 is 1.56 bits per heavy atom. The molecular weight excluding hydrogens is 501 g/mol. The molecule has 0 aliphatic heterocycles. The van der Waals surface area contributed by atoms with Crippen molar-refractivity contribution in [3.05, 3.63) is 52.0 Å². The normalized spacial score (nSPS) is 13.0. The van der Waals surface area contributed by atoms with Crippen LogP contribution in [0.25, 0.3) is 0 Å². The number of hydrogen-bond acceptors (Lipinski definition) is 6. The Balaban J connectivity index is 2.23. The largest absolute Gasteiger partial charge is 0.465 e. The molecule has 9 heteroatoms. The SMILES string of the molecule is CCCCOC(=O)C(Cc1cncn1Cc1cc(Cl)cc(Cl)c1)NC(CC(C)C)C(=O)OCCCC. The van der Waals surface area contributed by atoms with Gasteiger partial charge in [-0.2, -0.15) is 0 Å². The van der Waals surface area contributed by atoms with Crippen molar-refractivity contribution in [1.82, 2.24) is 14.9 Å². The average Bonchev–Trinajstić information content (AvgIpc) is 3.23. The first-order valence-electron chi connectivity index (χ1n) is 12.8. The van der Waals surface area contributed by atoms with Crippen LogP contribution in [0, 0.1) is 5.92 Å². The predicted molar refractivity (Wildman–Crippen MR) is 143 cm³/mol. The van der Waals surface area contributed by atoms with Gasteiger partial charge in [0, 0.05) is 34.9 Å². The highest BCUT2D eigenvalue weighted by molar-refractivity contribution is 6.34. The molecule has 1 heterocycles. The summed E-state index contributed by atoms with van der Waals surface area (Å²) in [6, 6.07) is 4.02. The number of aromatic nitrogens is 2. The zero-order valence-electron chi connectivity index (χ0n) is 21.8. The smallest absolute Gasteiger partial charge is 0.323 e. The van der Waals surface area contributed by atoms with Crippen LogP contribution in [0.5, 0.6) is 0 Å². The molecule has 0 fully saturated rings. The molecule has 0 aliphatic rings. The van der Waals surface area contributed by atoms with Gasteiger partial charge in [0.05, 0.1) is 19.5 Å². The third-order valence-electron chi connectivity index (χ3n) is 5.65. The predicted octanol–water partition coefficient (Wildman–Crippen LogP) is 5.84. The van der Waals surface area contributed by atoms with Gasteiger partial charge in [-0.05, 0) is 48.9 Å². The summed E-state index contributed by atoms with van der Waals surface area (Å²) in [6.07, 6.45) is 7.70. The number of unbranched alkanes of at least 4 members (excludes halogenated alkanes) is 2. The lowest BCUT2D eigenvalue weighted by Crippen LogP contribution is -2.50. The fourth-order valence-corrected chi connectivity index (χ4v) is 4.33. The number of halogens is 2. The number of benzene rings is 1. The van der Waals surface area contributed by atoms with E-state index in [1.54, 1.807) is 18.6 Å². The second kappa shape index (κ2) is 15.9. The van der Waals surface area contributed by atoms with Crippen LogP contribution >= 0.6 is 23.2 Å². The molecular formula is C27H39Cl2N3O4. The molecule has 2 rings (SSSR count). The minimum absolute atomic E-state index is 0.232. The summed E-state index contributed by atoms with van der Waals surface area (Å²) < 4.78 is 13.0. The standard InChI is InChI=1S/C27H39Cl2N3O4/c1-5-7-9-35-26(33)24(11-19(3)4)31-25(27(34)36-10-8-6-2)15-23-16-30-18-32(23)17-20-12-21(28)14-22(29)13-20/h12-14,16,18-19,24-25,31H,5-11,15,17H2,1-4H3. The van der Waals surface area contributed by atoms with E-state index >= 15 is 0 Å². The molecule has 1 aromatic heterocycles. The molecule has 0 radical (unpaired) electrons. The second-order valence-corrected chi connectivity index (χ2v) is 10.3. The number of rotatable bonds is 16.